The maximum absolute atomic E-state index is 13.2. The molecule has 0 unspecified atom stereocenters. The molecule has 0 aliphatic carbocycles. The van der Waals surface area contributed by atoms with Crippen LogP contribution in [0.15, 0.2) is 42.5 Å². The monoisotopic (exact) mass is 477 g/mol. The molecule has 10 heteroatoms. The van der Waals surface area contributed by atoms with Gasteiger partial charge in [-0.3, -0.25) is 9.36 Å². The van der Waals surface area contributed by atoms with Crippen molar-refractivity contribution in [3.8, 4) is 5.69 Å². The molecule has 172 valence electrons. The number of rotatable bonds is 5. The fraction of sp³-hybridized carbons (Fsp3) is 0.261. The molecule has 0 atom stereocenters. The number of ether oxygens (including phenoxy) is 1. The minimum absolute atomic E-state index is 0.0762. The smallest absolute Gasteiger partial charge is 0.417 e. The number of nitrogens with one attached hydrogen (secondary N) is 1. The lowest BCUT2D eigenvalue weighted by atomic mass is 10.0. The topological polar surface area (TPSA) is 73.2 Å². The van der Waals surface area contributed by atoms with Gasteiger partial charge in [0.1, 0.15) is 0 Å². The van der Waals surface area contributed by atoms with Gasteiger partial charge in [-0.1, -0.05) is 29.8 Å². The van der Waals surface area contributed by atoms with Crippen molar-refractivity contribution in [1.29, 1.82) is 0 Å². The number of nitrogens with zero attached hydrogens (tertiary/aromatic N) is 2. The summed E-state index contributed by atoms with van der Waals surface area (Å²) in [6.45, 7) is 3.01. The van der Waals surface area contributed by atoms with Crippen LogP contribution in [0.4, 0.5) is 13.2 Å². The van der Waals surface area contributed by atoms with Crippen LogP contribution in [-0.4, -0.2) is 34.5 Å². The first-order valence-corrected chi connectivity index (χ1v) is 10.6. The minimum Gasteiger partial charge on any atom is -0.460 e. The quantitative estimate of drug-likeness (QED) is 0.429. The van der Waals surface area contributed by atoms with Crippen LogP contribution in [-0.2, 0) is 23.9 Å². The van der Waals surface area contributed by atoms with Crippen molar-refractivity contribution in [2.45, 2.75) is 26.1 Å². The molecule has 4 rings (SSSR count). The number of halogens is 4. The Hall–Kier alpha value is -3.17. The van der Waals surface area contributed by atoms with Gasteiger partial charge >= 0.3 is 12.1 Å². The Labute approximate surface area is 192 Å². The average Bonchev–Trinajstić information content (AvgIpc) is 3.18. The number of aromatic nitrogens is 2. The summed E-state index contributed by atoms with van der Waals surface area (Å²) in [6.07, 6.45) is -4.09. The van der Waals surface area contributed by atoms with E-state index in [1.807, 2.05) is 0 Å². The molecule has 0 fully saturated rings. The Kier molecular flexibility index (Phi) is 6.27. The zero-order chi connectivity index (χ0) is 23.8. The van der Waals surface area contributed by atoms with Crippen LogP contribution >= 0.6 is 11.6 Å². The maximum atomic E-state index is 13.2. The van der Waals surface area contributed by atoms with Gasteiger partial charge in [-0.05, 0) is 31.2 Å². The lowest BCUT2D eigenvalue weighted by molar-refractivity contribution is -0.137. The van der Waals surface area contributed by atoms with E-state index in [-0.39, 0.29) is 23.6 Å². The van der Waals surface area contributed by atoms with Crippen molar-refractivity contribution in [3.05, 3.63) is 81.4 Å². The number of ketones is 1. The largest absolute Gasteiger partial charge is 0.460 e. The van der Waals surface area contributed by atoms with Gasteiger partial charge in [0.25, 0.3) is 0 Å². The van der Waals surface area contributed by atoms with Crippen LogP contribution in [0.1, 0.15) is 50.4 Å². The predicted octanol–water partition coefficient (Wildman–Crippen LogP) is 4.60. The number of carbonyl (C=O) groups is 2. The normalized spacial score (nSPS) is 13.5. The van der Waals surface area contributed by atoms with Crippen LogP contribution in [0, 0.1) is 0 Å². The predicted molar refractivity (Wildman–Crippen MR) is 115 cm³/mol. The molecular formula is C23H19ClF3N3O3. The molecular weight excluding hydrogens is 459 g/mol. The van der Waals surface area contributed by atoms with E-state index in [1.165, 1.54) is 18.2 Å². The summed E-state index contributed by atoms with van der Waals surface area (Å²) >= 11 is 5.95. The minimum atomic E-state index is -4.69. The molecule has 1 aliphatic heterocycles. The highest BCUT2D eigenvalue weighted by molar-refractivity contribution is 6.35. The zero-order valence-electron chi connectivity index (χ0n) is 17.5. The Bertz CT molecular complexity index is 1240. The molecule has 33 heavy (non-hydrogen) atoms. The molecule has 0 saturated heterocycles. The number of fused-ring (bicyclic) bond motifs is 1. The zero-order valence-corrected chi connectivity index (χ0v) is 18.3. The first kappa shape index (κ1) is 23.0. The molecule has 6 nitrogen and oxygen atoms in total. The fourth-order valence-electron chi connectivity index (χ4n) is 3.79. The lowest BCUT2D eigenvalue weighted by Crippen LogP contribution is -2.25. The third-order valence-corrected chi connectivity index (χ3v) is 5.67. The summed E-state index contributed by atoms with van der Waals surface area (Å²) in [5, 5.41) is 2.54. The summed E-state index contributed by atoms with van der Waals surface area (Å²) in [4.78, 5) is 30.1. The SMILES string of the molecule is CCOC(=O)c1nc2c(n1-c1cccc(C(=O)c3cccc(C(F)(F)F)c3Cl)c1)CCNC2. The summed E-state index contributed by atoms with van der Waals surface area (Å²) in [7, 11) is 0. The second-order valence-corrected chi connectivity index (χ2v) is 7.73. The number of hydrogen-bond acceptors (Lipinski definition) is 5. The molecule has 0 radical (unpaired) electrons. The van der Waals surface area contributed by atoms with Gasteiger partial charge in [-0.25, -0.2) is 9.78 Å². The molecule has 0 bridgehead atoms. The average molecular weight is 478 g/mol. The van der Waals surface area contributed by atoms with Crippen molar-refractivity contribution in [2.75, 3.05) is 13.2 Å². The molecule has 1 aliphatic rings. The van der Waals surface area contributed by atoms with Gasteiger partial charge in [-0.2, -0.15) is 13.2 Å². The van der Waals surface area contributed by atoms with E-state index < -0.39 is 28.5 Å². The summed E-state index contributed by atoms with van der Waals surface area (Å²) in [5.41, 5.74) is 0.765. The highest BCUT2D eigenvalue weighted by Crippen LogP contribution is 2.37. The Morgan fingerprint density at radius 3 is 2.70 bits per heavy atom. The van der Waals surface area contributed by atoms with Crippen molar-refractivity contribution >= 4 is 23.4 Å². The number of benzene rings is 2. The first-order valence-electron chi connectivity index (χ1n) is 10.2. The van der Waals surface area contributed by atoms with Crippen LogP contribution in [0.2, 0.25) is 5.02 Å². The highest BCUT2D eigenvalue weighted by atomic mass is 35.5. The number of imidazole rings is 1. The van der Waals surface area contributed by atoms with E-state index in [2.05, 4.69) is 10.3 Å². The number of alkyl halides is 3. The van der Waals surface area contributed by atoms with Crippen molar-refractivity contribution in [1.82, 2.24) is 14.9 Å². The van der Waals surface area contributed by atoms with E-state index >= 15 is 0 Å². The first-order chi connectivity index (χ1) is 15.7. The fourth-order valence-corrected chi connectivity index (χ4v) is 4.11. The lowest BCUT2D eigenvalue weighted by Gasteiger charge is -2.17. The van der Waals surface area contributed by atoms with Crippen molar-refractivity contribution in [3.63, 3.8) is 0 Å². The van der Waals surface area contributed by atoms with Gasteiger partial charge < -0.3 is 10.1 Å². The summed E-state index contributed by atoms with van der Waals surface area (Å²) < 4.78 is 46.5. The Balaban J connectivity index is 1.80. The molecule has 3 aromatic rings. The standard InChI is InChI=1S/C23H19ClF3N3O3/c1-2-33-22(32)21-29-17-12-28-10-9-18(17)30(21)14-6-3-5-13(11-14)20(31)15-7-4-8-16(19(15)24)23(25,26)27/h3-8,11,28H,2,9-10,12H2,1H3. The Morgan fingerprint density at radius 2 is 1.97 bits per heavy atom. The molecule has 1 aromatic heterocycles. The third-order valence-electron chi connectivity index (χ3n) is 5.26. The van der Waals surface area contributed by atoms with Crippen molar-refractivity contribution in [2.24, 2.45) is 0 Å². The van der Waals surface area contributed by atoms with Gasteiger partial charge in [0.2, 0.25) is 5.82 Å². The molecule has 0 spiro atoms. The van der Waals surface area contributed by atoms with E-state index in [9.17, 15) is 22.8 Å². The van der Waals surface area contributed by atoms with Crippen molar-refractivity contribution < 1.29 is 27.5 Å². The van der Waals surface area contributed by atoms with Gasteiger partial charge in [0.05, 0.1) is 22.9 Å². The van der Waals surface area contributed by atoms with Crippen LogP contribution in [0.25, 0.3) is 5.69 Å². The van der Waals surface area contributed by atoms with Gasteiger partial charge in [0, 0.05) is 42.0 Å². The van der Waals surface area contributed by atoms with E-state index in [0.29, 0.717) is 30.9 Å². The van der Waals surface area contributed by atoms with Crippen LogP contribution in [0.5, 0.6) is 0 Å². The van der Waals surface area contributed by atoms with Crippen LogP contribution < -0.4 is 5.32 Å². The summed E-state index contributed by atoms with van der Waals surface area (Å²) in [6, 6.07) is 9.49. The highest BCUT2D eigenvalue weighted by Gasteiger charge is 2.35. The van der Waals surface area contributed by atoms with Gasteiger partial charge in [-0.15, -0.1) is 0 Å². The van der Waals surface area contributed by atoms with Crippen LogP contribution in [0.3, 0.4) is 0 Å². The van der Waals surface area contributed by atoms with E-state index in [0.717, 1.165) is 17.8 Å². The Morgan fingerprint density at radius 1 is 1.21 bits per heavy atom. The second kappa shape index (κ2) is 8.99. The molecule has 2 aromatic carbocycles. The molecule has 0 saturated carbocycles. The van der Waals surface area contributed by atoms with E-state index in [4.69, 9.17) is 16.3 Å². The third kappa shape index (κ3) is 4.38. The van der Waals surface area contributed by atoms with E-state index in [1.54, 1.807) is 23.6 Å². The second-order valence-electron chi connectivity index (χ2n) is 7.36. The molecule has 0 amide bonds. The number of hydrogen-bond donors (Lipinski definition) is 1. The van der Waals surface area contributed by atoms with Gasteiger partial charge in [0.15, 0.2) is 5.78 Å². The number of esters is 1. The number of carbonyl (C=O) groups excluding carboxylic acids is 2. The molecule has 2 heterocycles. The molecule has 1 N–H and O–H groups in total. The summed E-state index contributed by atoms with van der Waals surface area (Å²) in [5.74, 6) is -1.20. The maximum Gasteiger partial charge on any atom is 0.417 e.